The fraction of sp³-hybridized carbons (Fsp3) is 0.350. The van der Waals surface area contributed by atoms with Crippen LogP contribution in [0.15, 0.2) is 53.0 Å². The Hall–Kier alpha value is -1.65. The third kappa shape index (κ3) is 1.84. The lowest BCUT2D eigenvalue weighted by Gasteiger charge is -2.41. The average molecular weight is 384 g/mol. The van der Waals surface area contributed by atoms with Gasteiger partial charge in [-0.3, -0.25) is 4.79 Å². The second-order valence-corrected chi connectivity index (χ2v) is 7.77. The summed E-state index contributed by atoms with van der Waals surface area (Å²) >= 11 is 3.71. The zero-order valence-electron chi connectivity index (χ0n) is 13.2. The highest BCUT2D eigenvalue weighted by atomic mass is 79.9. The fourth-order valence-electron chi connectivity index (χ4n) is 4.84. The van der Waals surface area contributed by atoms with Crippen LogP contribution in [0.1, 0.15) is 41.5 Å². The first-order valence-electron chi connectivity index (χ1n) is 8.49. The van der Waals surface area contributed by atoms with Gasteiger partial charge in [-0.05, 0) is 29.2 Å². The number of halogens is 1. The van der Waals surface area contributed by atoms with Crippen molar-refractivity contribution in [1.82, 2.24) is 4.90 Å². The first-order chi connectivity index (χ1) is 11.7. The third-order valence-electron chi connectivity index (χ3n) is 5.83. The minimum absolute atomic E-state index is 0.0349. The summed E-state index contributed by atoms with van der Waals surface area (Å²) in [6.45, 7) is 0.589. The van der Waals surface area contributed by atoms with E-state index >= 15 is 0 Å². The molecule has 0 radical (unpaired) electrons. The van der Waals surface area contributed by atoms with Gasteiger partial charge < -0.3 is 9.64 Å². The Balaban J connectivity index is 1.62. The number of amides is 1. The van der Waals surface area contributed by atoms with Gasteiger partial charge in [-0.2, -0.15) is 0 Å². The summed E-state index contributed by atoms with van der Waals surface area (Å²) in [5.41, 5.74) is 3.32. The van der Waals surface area contributed by atoms with Crippen LogP contribution in [-0.2, 0) is 16.0 Å². The number of carbonyl (C=O) groups excluding carboxylic acids is 1. The fourth-order valence-corrected chi connectivity index (χ4v) is 5.52. The molecular weight excluding hydrogens is 366 g/mol. The average Bonchev–Trinajstić information content (AvgIpc) is 3.11. The molecule has 1 aliphatic carbocycles. The lowest BCUT2D eigenvalue weighted by Crippen LogP contribution is -2.47. The van der Waals surface area contributed by atoms with Gasteiger partial charge in [0.2, 0.25) is 5.91 Å². The third-order valence-corrected chi connectivity index (χ3v) is 6.52. The quantitative estimate of drug-likeness (QED) is 0.738. The van der Waals surface area contributed by atoms with Crippen LogP contribution in [-0.4, -0.2) is 23.1 Å². The maximum atomic E-state index is 13.0. The van der Waals surface area contributed by atoms with E-state index in [9.17, 15) is 4.79 Å². The number of nitrogens with zero attached hydrogens (tertiary/aromatic N) is 1. The normalized spacial score (nSPS) is 30.9. The van der Waals surface area contributed by atoms with Gasteiger partial charge in [-0.25, -0.2) is 0 Å². The minimum Gasteiger partial charge on any atom is -0.352 e. The summed E-state index contributed by atoms with van der Waals surface area (Å²) in [6.07, 6.45) is 2.38. The predicted octanol–water partition coefficient (Wildman–Crippen LogP) is 4.18. The Kier molecular flexibility index (Phi) is 3.16. The standard InChI is InChI=1S/C20H18BrNO2/c21-16-8-4-7-14-9-10-20-15(19(14)16)11-18(23)22(20)17(12-24-20)13-5-2-1-3-6-13/h1-8,15,17H,9-12H2. The van der Waals surface area contributed by atoms with Crippen LogP contribution in [0.4, 0.5) is 0 Å². The van der Waals surface area contributed by atoms with Crippen LogP contribution < -0.4 is 0 Å². The van der Waals surface area contributed by atoms with E-state index in [0.717, 1.165) is 17.3 Å². The SMILES string of the molecule is O=C1CC2c3c(Br)cccc3CCC23OCC(c2ccccc2)N13. The van der Waals surface area contributed by atoms with Gasteiger partial charge in [0.15, 0.2) is 5.72 Å². The van der Waals surface area contributed by atoms with Crippen LogP contribution in [0.25, 0.3) is 0 Å². The van der Waals surface area contributed by atoms with Crippen LogP contribution in [0, 0.1) is 0 Å². The zero-order chi connectivity index (χ0) is 16.3. The van der Waals surface area contributed by atoms with E-state index in [4.69, 9.17) is 4.74 Å². The molecule has 1 amide bonds. The molecule has 3 atom stereocenters. The molecule has 0 N–H and O–H groups in total. The largest absolute Gasteiger partial charge is 0.352 e. The lowest BCUT2D eigenvalue weighted by atomic mass is 9.77. The highest BCUT2D eigenvalue weighted by Gasteiger charge is 2.62. The monoisotopic (exact) mass is 383 g/mol. The summed E-state index contributed by atoms with van der Waals surface area (Å²) in [6, 6.07) is 16.7. The second kappa shape index (κ2) is 5.17. The van der Waals surface area contributed by atoms with Gasteiger partial charge in [-0.15, -0.1) is 0 Å². The molecule has 5 rings (SSSR count). The molecule has 2 aliphatic heterocycles. The molecule has 2 aromatic carbocycles. The predicted molar refractivity (Wildman–Crippen MR) is 94.5 cm³/mol. The van der Waals surface area contributed by atoms with Crippen LogP contribution in [0.3, 0.4) is 0 Å². The molecule has 3 nitrogen and oxygen atoms in total. The molecule has 2 fully saturated rings. The molecule has 2 heterocycles. The maximum Gasteiger partial charge on any atom is 0.226 e. The minimum atomic E-state index is -0.464. The summed E-state index contributed by atoms with van der Waals surface area (Å²) in [4.78, 5) is 15.0. The van der Waals surface area contributed by atoms with Gasteiger partial charge in [0.1, 0.15) is 0 Å². The zero-order valence-corrected chi connectivity index (χ0v) is 14.8. The van der Waals surface area contributed by atoms with Crippen LogP contribution in [0.2, 0.25) is 0 Å². The van der Waals surface area contributed by atoms with E-state index in [2.05, 4.69) is 51.2 Å². The number of hydrogen-bond donors (Lipinski definition) is 0. The summed E-state index contributed by atoms with van der Waals surface area (Å²) in [5, 5.41) is 0. The van der Waals surface area contributed by atoms with E-state index in [-0.39, 0.29) is 17.9 Å². The van der Waals surface area contributed by atoms with Gasteiger partial charge in [-0.1, -0.05) is 58.4 Å². The van der Waals surface area contributed by atoms with E-state index < -0.39 is 5.72 Å². The molecule has 0 aromatic heterocycles. The Morgan fingerprint density at radius 2 is 1.96 bits per heavy atom. The van der Waals surface area contributed by atoms with E-state index in [1.54, 1.807) is 0 Å². The Bertz CT molecular complexity index is 822. The van der Waals surface area contributed by atoms with Crippen molar-refractivity contribution in [2.45, 2.75) is 36.9 Å². The second-order valence-electron chi connectivity index (χ2n) is 6.92. The highest BCUT2D eigenvalue weighted by molar-refractivity contribution is 9.10. The van der Waals surface area contributed by atoms with Crippen molar-refractivity contribution in [3.05, 3.63) is 69.7 Å². The molecule has 4 heteroatoms. The van der Waals surface area contributed by atoms with Crippen molar-refractivity contribution in [2.24, 2.45) is 0 Å². The molecule has 2 saturated heterocycles. The Labute approximate surface area is 149 Å². The first-order valence-corrected chi connectivity index (χ1v) is 9.28. The molecular formula is C20H18BrNO2. The number of rotatable bonds is 1. The van der Waals surface area contributed by atoms with Crippen molar-refractivity contribution in [3.63, 3.8) is 0 Å². The summed E-state index contributed by atoms with van der Waals surface area (Å²) < 4.78 is 7.50. The van der Waals surface area contributed by atoms with Crippen molar-refractivity contribution in [3.8, 4) is 0 Å². The molecule has 1 spiro atoms. The molecule has 3 unspecified atom stereocenters. The Morgan fingerprint density at radius 1 is 1.12 bits per heavy atom. The highest BCUT2D eigenvalue weighted by Crippen LogP contribution is 2.57. The molecule has 24 heavy (non-hydrogen) atoms. The number of aryl methyl sites for hydroxylation is 1. The van der Waals surface area contributed by atoms with Gasteiger partial charge >= 0.3 is 0 Å². The number of hydrogen-bond acceptors (Lipinski definition) is 2. The van der Waals surface area contributed by atoms with Gasteiger partial charge in [0.05, 0.1) is 12.6 Å². The smallest absolute Gasteiger partial charge is 0.226 e. The summed E-state index contributed by atoms with van der Waals surface area (Å²) in [7, 11) is 0. The molecule has 0 bridgehead atoms. The first kappa shape index (κ1) is 14.7. The van der Waals surface area contributed by atoms with Crippen molar-refractivity contribution < 1.29 is 9.53 Å². The number of fused-ring (bicyclic) bond motifs is 2. The molecule has 3 aliphatic rings. The number of ether oxygens (including phenoxy) is 1. The Morgan fingerprint density at radius 3 is 2.79 bits per heavy atom. The number of benzene rings is 2. The van der Waals surface area contributed by atoms with Crippen LogP contribution in [0.5, 0.6) is 0 Å². The van der Waals surface area contributed by atoms with Crippen molar-refractivity contribution in [1.29, 1.82) is 0 Å². The van der Waals surface area contributed by atoms with Gasteiger partial charge in [0.25, 0.3) is 0 Å². The number of carbonyl (C=O) groups is 1. The van der Waals surface area contributed by atoms with Crippen LogP contribution >= 0.6 is 15.9 Å². The van der Waals surface area contributed by atoms with E-state index in [1.165, 1.54) is 16.7 Å². The van der Waals surface area contributed by atoms with Crippen molar-refractivity contribution in [2.75, 3.05) is 6.61 Å². The molecule has 2 aromatic rings. The van der Waals surface area contributed by atoms with Gasteiger partial charge in [0, 0.05) is 23.2 Å². The van der Waals surface area contributed by atoms with Crippen molar-refractivity contribution >= 4 is 21.8 Å². The molecule has 122 valence electrons. The van der Waals surface area contributed by atoms with E-state index in [1.807, 2.05) is 18.2 Å². The molecule has 0 saturated carbocycles. The maximum absolute atomic E-state index is 13.0. The van der Waals surface area contributed by atoms with E-state index in [0.29, 0.717) is 13.0 Å². The summed E-state index contributed by atoms with van der Waals surface area (Å²) in [5.74, 6) is 0.341. The lowest BCUT2D eigenvalue weighted by molar-refractivity contribution is -0.141. The topological polar surface area (TPSA) is 29.5 Å².